The molecular formula is C5H6N4O4. The zero-order valence-electron chi connectivity index (χ0n) is 6.59. The summed E-state index contributed by atoms with van der Waals surface area (Å²) in [7, 11) is 1.25. The highest BCUT2D eigenvalue weighted by Crippen LogP contribution is 2.23. The number of aromatic carboxylic acids is 1. The second-order valence-electron chi connectivity index (χ2n) is 2.27. The van der Waals surface area contributed by atoms with E-state index in [0.717, 1.165) is 4.68 Å². The number of carboxylic acid groups (broad SMARTS) is 1. The van der Waals surface area contributed by atoms with Crippen molar-refractivity contribution in [2.75, 3.05) is 5.73 Å². The molecule has 1 aromatic heterocycles. The predicted molar refractivity (Wildman–Crippen MR) is 41.2 cm³/mol. The Hall–Kier alpha value is -2.12. The number of anilines is 1. The molecule has 1 aromatic rings. The number of nitro groups is 1. The number of carboxylic acids is 1. The highest BCUT2D eigenvalue weighted by molar-refractivity contribution is 5.93. The molecule has 70 valence electrons. The van der Waals surface area contributed by atoms with Gasteiger partial charge >= 0.3 is 11.8 Å². The third kappa shape index (κ3) is 1.28. The Morgan fingerprint density at radius 3 is 2.54 bits per heavy atom. The molecule has 0 aromatic carbocycles. The van der Waals surface area contributed by atoms with Crippen molar-refractivity contribution in [1.29, 1.82) is 0 Å². The van der Waals surface area contributed by atoms with Gasteiger partial charge in [-0.2, -0.15) is 0 Å². The maximum absolute atomic E-state index is 10.4. The van der Waals surface area contributed by atoms with Crippen molar-refractivity contribution in [1.82, 2.24) is 9.78 Å². The topological polar surface area (TPSA) is 124 Å². The summed E-state index contributed by atoms with van der Waals surface area (Å²) in [5.41, 5.74) is 4.26. The first-order valence-corrected chi connectivity index (χ1v) is 3.15. The van der Waals surface area contributed by atoms with Gasteiger partial charge in [0.25, 0.3) is 0 Å². The predicted octanol–water partition coefficient (Wildman–Crippen LogP) is -0.391. The van der Waals surface area contributed by atoms with E-state index in [2.05, 4.69) is 5.10 Å². The van der Waals surface area contributed by atoms with Crippen molar-refractivity contribution in [3.05, 3.63) is 15.8 Å². The zero-order chi connectivity index (χ0) is 10.2. The summed E-state index contributed by atoms with van der Waals surface area (Å²) in [4.78, 5) is 20.0. The van der Waals surface area contributed by atoms with Crippen LogP contribution >= 0.6 is 0 Å². The lowest BCUT2D eigenvalue weighted by Gasteiger charge is -1.92. The molecule has 0 amide bonds. The van der Waals surface area contributed by atoms with Crippen LogP contribution in [0.4, 0.5) is 11.5 Å². The van der Waals surface area contributed by atoms with Gasteiger partial charge in [0.1, 0.15) is 7.05 Å². The minimum absolute atomic E-state index is 0.431. The molecular weight excluding hydrogens is 180 g/mol. The first kappa shape index (κ1) is 8.97. The van der Waals surface area contributed by atoms with Crippen molar-refractivity contribution in [3.8, 4) is 0 Å². The number of nitrogens with two attached hydrogens (primary N) is 1. The number of hydrogen-bond donors (Lipinski definition) is 2. The minimum atomic E-state index is -1.39. The molecule has 0 spiro atoms. The number of aryl methyl sites for hydroxylation is 1. The second-order valence-corrected chi connectivity index (χ2v) is 2.27. The lowest BCUT2D eigenvalue weighted by molar-refractivity contribution is -0.391. The summed E-state index contributed by atoms with van der Waals surface area (Å²) in [5, 5.41) is 22.2. The molecule has 0 fully saturated rings. The van der Waals surface area contributed by atoms with Crippen molar-refractivity contribution >= 4 is 17.5 Å². The van der Waals surface area contributed by atoms with Gasteiger partial charge in [0.15, 0.2) is 5.69 Å². The Bertz CT molecular complexity index is 382. The van der Waals surface area contributed by atoms with E-state index in [0.29, 0.717) is 0 Å². The van der Waals surface area contributed by atoms with Gasteiger partial charge in [0, 0.05) is 0 Å². The third-order valence-electron chi connectivity index (χ3n) is 1.43. The monoisotopic (exact) mass is 186 g/mol. The largest absolute Gasteiger partial charge is 0.476 e. The van der Waals surface area contributed by atoms with E-state index in [1.54, 1.807) is 0 Å². The van der Waals surface area contributed by atoms with Crippen molar-refractivity contribution in [2.24, 2.45) is 7.05 Å². The van der Waals surface area contributed by atoms with Crippen LogP contribution in [-0.2, 0) is 7.05 Å². The smallest absolute Gasteiger partial charge is 0.368 e. The van der Waals surface area contributed by atoms with E-state index in [4.69, 9.17) is 10.8 Å². The lowest BCUT2D eigenvalue weighted by Crippen LogP contribution is -2.01. The molecule has 0 bridgehead atoms. The molecule has 1 rings (SSSR count). The molecule has 0 radical (unpaired) electrons. The molecule has 8 heteroatoms. The fraction of sp³-hybridized carbons (Fsp3) is 0.200. The van der Waals surface area contributed by atoms with E-state index in [1.807, 2.05) is 0 Å². The molecule has 0 aliphatic rings. The van der Waals surface area contributed by atoms with Crippen LogP contribution in [0.2, 0.25) is 0 Å². The SMILES string of the molecule is Cn1nc(C(=O)O)c(N)c1[N+](=O)[O-]. The van der Waals surface area contributed by atoms with Crippen LogP contribution in [0.1, 0.15) is 10.5 Å². The van der Waals surface area contributed by atoms with Crippen LogP contribution in [0, 0.1) is 10.1 Å². The van der Waals surface area contributed by atoms with Crippen LogP contribution in [0.5, 0.6) is 0 Å². The minimum Gasteiger partial charge on any atom is -0.476 e. The van der Waals surface area contributed by atoms with Gasteiger partial charge in [0.2, 0.25) is 5.69 Å². The molecule has 8 nitrogen and oxygen atoms in total. The van der Waals surface area contributed by atoms with Crippen LogP contribution in [0.25, 0.3) is 0 Å². The molecule has 0 unspecified atom stereocenters. The summed E-state index contributed by atoms with van der Waals surface area (Å²) in [6.45, 7) is 0. The Morgan fingerprint density at radius 1 is 1.77 bits per heavy atom. The third-order valence-corrected chi connectivity index (χ3v) is 1.43. The molecule has 13 heavy (non-hydrogen) atoms. The Labute approximate surface area is 71.7 Å². The van der Waals surface area contributed by atoms with Crippen molar-refractivity contribution < 1.29 is 14.8 Å². The molecule has 0 saturated heterocycles. The van der Waals surface area contributed by atoms with Gasteiger partial charge in [-0.3, -0.25) is 0 Å². The number of rotatable bonds is 2. The average molecular weight is 186 g/mol. The summed E-state index contributed by atoms with van der Waals surface area (Å²) < 4.78 is 0.818. The van der Waals surface area contributed by atoms with Crippen molar-refractivity contribution in [2.45, 2.75) is 0 Å². The summed E-state index contributed by atoms with van der Waals surface area (Å²) >= 11 is 0. The molecule has 0 saturated carbocycles. The standard InChI is InChI=1S/C5H6N4O4/c1-8-4(9(12)13)2(6)3(7-8)5(10)11/h6H2,1H3,(H,10,11). The maximum atomic E-state index is 10.4. The van der Waals surface area contributed by atoms with Gasteiger partial charge in [-0.25, -0.2) is 4.79 Å². The van der Waals surface area contributed by atoms with Gasteiger partial charge in [0.05, 0.1) is 0 Å². The number of carbonyl (C=O) groups is 1. The Balaban J connectivity index is 3.39. The Kier molecular flexibility index (Phi) is 1.89. The van der Waals surface area contributed by atoms with E-state index in [9.17, 15) is 14.9 Å². The average Bonchev–Trinajstić information content (AvgIpc) is 2.26. The van der Waals surface area contributed by atoms with E-state index in [1.165, 1.54) is 7.05 Å². The summed E-state index contributed by atoms with van der Waals surface area (Å²) in [6, 6.07) is 0. The maximum Gasteiger partial charge on any atom is 0.368 e. The van der Waals surface area contributed by atoms with Gasteiger partial charge in [-0.1, -0.05) is 5.10 Å². The van der Waals surface area contributed by atoms with Crippen LogP contribution < -0.4 is 5.73 Å². The van der Waals surface area contributed by atoms with E-state index in [-0.39, 0.29) is 0 Å². The molecule has 0 atom stereocenters. The summed E-state index contributed by atoms with van der Waals surface area (Å²) in [5.74, 6) is -1.90. The van der Waals surface area contributed by atoms with Gasteiger partial charge in [-0.15, -0.1) is 4.68 Å². The summed E-state index contributed by atoms with van der Waals surface area (Å²) in [6.07, 6.45) is 0. The molecule has 1 heterocycles. The van der Waals surface area contributed by atoms with Crippen LogP contribution in [0.3, 0.4) is 0 Å². The normalized spacial score (nSPS) is 9.92. The molecule has 3 N–H and O–H groups in total. The zero-order valence-corrected chi connectivity index (χ0v) is 6.59. The lowest BCUT2D eigenvalue weighted by atomic mass is 10.3. The highest BCUT2D eigenvalue weighted by Gasteiger charge is 2.26. The quantitative estimate of drug-likeness (QED) is 0.478. The Morgan fingerprint density at radius 2 is 2.31 bits per heavy atom. The number of hydrogen-bond acceptors (Lipinski definition) is 5. The fourth-order valence-corrected chi connectivity index (χ4v) is 0.906. The van der Waals surface area contributed by atoms with Crippen LogP contribution in [0.15, 0.2) is 0 Å². The van der Waals surface area contributed by atoms with E-state index < -0.39 is 28.1 Å². The number of nitrogens with zero attached hydrogens (tertiary/aromatic N) is 3. The van der Waals surface area contributed by atoms with Crippen LogP contribution in [-0.4, -0.2) is 25.8 Å². The van der Waals surface area contributed by atoms with Gasteiger partial charge in [-0.05, 0) is 4.92 Å². The van der Waals surface area contributed by atoms with Crippen molar-refractivity contribution in [3.63, 3.8) is 0 Å². The number of nitrogen functional groups attached to an aromatic ring is 1. The van der Waals surface area contributed by atoms with Gasteiger partial charge < -0.3 is 21.0 Å². The second kappa shape index (κ2) is 2.73. The highest BCUT2D eigenvalue weighted by atomic mass is 16.6. The number of aromatic nitrogens is 2. The molecule has 0 aliphatic heterocycles. The first-order valence-electron chi connectivity index (χ1n) is 3.15. The van der Waals surface area contributed by atoms with E-state index >= 15 is 0 Å². The molecule has 0 aliphatic carbocycles. The fourth-order valence-electron chi connectivity index (χ4n) is 0.906. The first-order chi connectivity index (χ1) is 5.95.